The maximum absolute atomic E-state index is 11.4. The van der Waals surface area contributed by atoms with E-state index in [-0.39, 0.29) is 17.4 Å². The Bertz CT molecular complexity index is 211. The highest BCUT2D eigenvalue weighted by Gasteiger charge is 2.23. The van der Waals surface area contributed by atoms with Crippen LogP contribution in [0.5, 0.6) is 0 Å². The summed E-state index contributed by atoms with van der Waals surface area (Å²) in [6.45, 7) is 11.8. The van der Waals surface area contributed by atoms with Crippen LogP contribution in [0.25, 0.3) is 0 Å². The minimum absolute atomic E-state index is 0.0324. The third-order valence-electron chi connectivity index (χ3n) is 2.19. The van der Waals surface area contributed by atoms with E-state index in [1.165, 1.54) is 0 Å². The molecule has 0 aliphatic carbocycles. The monoisotopic (exact) mass is 215 g/mol. The quantitative estimate of drug-likeness (QED) is 0.736. The molecular formula is C12H25NO2. The van der Waals surface area contributed by atoms with Crippen molar-refractivity contribution in [2.24, 2.45) is 11.1 Å². The van der Waals surface area contributed by atoms with Crippen molar-refractivity contribution in [1.29, 1.82) is 0 Å². The van der Waals surface area contributed by atoms with Crippen LogP contribution in [0.2, 0.25) is 0 Å². The molecule has 0 fully saturated rings. The summed E-state index contributed by atoms with van der Waals surface area (Å²) in [5, 5.41) is 0. The van der Waals surface area contributed by atoms with E-state index in [9.17, 15) is 4.79 Å². The van der Waals surface area contributed by atoms with Gasteiger partial charge in [-0.25, -0.2) is 0 Å². The van der Waals surface area contributed by atoms with Crippen LogP contribution < -0.4 is 5.73 Å². The van der Waals surface area contributed by atoms with Gasteiger partial charge < -0.3 is 10.5 Å². The molecule has 90 valence electrons. The second-order valence-corrected chi connectivity index (χ2v) is 6.10. The molecule has 0 radical (unpaired) electrons. The Kier molecular flexibility index (Phi) is 4.78. The van der Waals surface area contributed by atoms with Crippen LogP contribution in [0.4, 0.5) is 0 Å². The summed E-state index contributed by atoms with van der Waals surface area (Å²) in [7, 11) is 0. The van der Waals surface area contributed by atoms with Gasteiger partial charge in [-0.05, 0) is 32.6 Å². The molecule has 0 heterocycles. The average Bonchev–Trinajstić information content (AvgIpc) is 1.94. The van der Waals surface area contributed by atoms with Crippen molar-refractivity contribution < 1.29 is 9.53 Å². The number of carbonyl (C=O) groups excluding carboxylic acids is 1. The van der Waals surface area contributed by atoms with E-state index >= 15 is 0 Å². The molecule has 0 aromatic heterocycles. The van der Waals surface area contributed by atoms with Crippen LogP contribution in [-0.4, -0.2) is 17.6 Å². The molecule has 0 amide bonds. The SMILES string of the molecule is CC(C)(C)OC(=O)CC[C@@H](N)C(C)(C)C. The zero-order chi connectivity index (χ0) is 12.3. The summed E-state index contributed by atoms with van der Waals surface area (Å²) in [5.41, 5.74) is 5.60. The molecule has 0 aromatic carbocycles. The van der Waals surface area contributed by atoms with Crippen LogP contribution in [-0.2, 0) is 9.53 Å². The predicted molar refractivity (Wildman–Crippen MR) is 62.5 cm³/mol. The Morgan fingerprint density at radius 1 is 1.20 bits per heavy atom. The first-order valence-electron chi connectivity index (χ1n) is 5.50. The van der Waals surface area contributed by atoms with E-state index in [0.29, 0.717) is 12.8 Å². The van der Waals surface area contributed by atoms with Crippen LogP contribution in [0.3, 0.4) is 0 Å². The van der Waals surface area contributed by atoms with E-state index in [0.717, 1.165) is 0 Å². The summed E-state index contributed by atoms with van der Waals surface area (Å²) < 4.78 is 5.21. The van der Waals surface area contributed by atoms with E-state index in [4.69, 9.17) is 10.5 Å². The minimum Gasteiger partial charge on any atom is -0.460 e. The van der Waals surface area contributed by atoms with Crippen LogP contribution in [0, 0.1) is 5.41 Å². The lowest BCUT2D eigenvalue weighted by Gasteiger charge is -2.27. The highest BCUT2D eigenvalue weighted by atomic mass is 16.6. The van der Waals surface area contributed by atoms with Crippen molar-refractivity contribution in [3.8, 4) is 0 Å². The topological polar surface area (TPSA) is 52.3 Å². The Morgan fingerprint density at radius 3 is 2.00 bits per heavy atom. The van der Waals surface area contributed by atoms with Gasteiger partial charge in [-0.2, -0.15) is 0 Å². The number of esters is 1. The van der Waals surface area contributed by atoms with Crippen molar-refractivity contribution >= 4 is 5.97 Å². The second-order valence-electron chi connectivity index (χ2n) is 6.10. The zero-order valence-electron chi connectivity index (χ0n) is 10.9. The number of ether oxygens (including phenoxy) is 1. The van der Waals surface area contributed by atoms with Crippen molar-refractivity contribution in [2.45, 2.75) is 66.0 Å². The van der Waals surface area contributed by atoms with Gasteiger partial charge in [-0.3, -0.25) is 4.79 Å². The van der Waals surface area contributed by atoms with Gasteiger partial charge in [0.25, 0.3) is 0 Å². The summed E-state index contributed by atoms with van der Waals surface area (Å²) in [6, 6.07) is 0.0324. The van der Waals surface area contributed by atoms with Crippen LogP contribution in [0.1, 0.15) is 54.4 Å². The molecule has 0 aromatic rings. The minimum atomic E-state index is -0.400. The first-order valence-corrected chi connectivity index (χ1v) is 5.50. The summed E-state index contributed by atoms with van der Waals surface area (Å²) in [6.07, 6.45) is 1.08. The number of hydrogen-bond donors (Lipinski definition) is 1. The van der Waals surface area contributed by atoms with Crippen molar-refractivity contribution in [2.75, 3.05) is 0 Å². The predicted octanol–water partition coefficient (Wildman–Crippen LogP) is 2.48. The maximum Gasteiger partial charge on any atom is 0.306 e. The third kappa shape index (κ3) is 7.37. The summed E-state index contributed by atoms with van der Waals surface area (Å²) in [5.74, 6) is -0.165. The molecule has 0 bridgehead atoms. The van der Waals surface area contributed by atoms with Gasteiger partial charge in [0.1, 0.15) is 5.60 Å². The van der Waals surface area contributed by atoms with Crippen LogP contribution in [0.15, 0.2) is 0 Å². The molecule has 0 unspecified atom stereocenters. The first-order chi connectivity index (χ1) is 6.52. The van der Waals surface area contributed by atoms with E-state index in [2.05, 4.69) is 20.8 Å². The van der Waals surface area contributed by atoms with Crippen LogP contribution >= 0.6 is 0 Å². The lowest BCUT2D eigenvalue weighted by atomic mass is 9.85. The molecule has 3 nitrogen and oxygen atoms in total. The number of carbonyl (C=O) groups is 1. The fourth-order valence-corrected chi connectivity index (χ4v) is 1.10. The van der Waals surface area contributed by atoms with Gasteiger partial charge in [-0.15, -0.1) is 0 Å². The molecule has 2 N–H and O–H groups in total. The standard InChI is InChI=1S/C12H25NO2/c1-11(2,3)9(13)7-8-10(14)15-12(4,5)6/h9H,7-8,13H2,1-6H3/t9-/m1/s1. The molecular weight excluding hydrogens is 190 g/mol. The van der Waals surface area contributed by atoms with Crippen molar-refractivity contribution in [1.82, 2.24) is 0 Å². The van der Waals surface area contributed by atoms with E-state index in [1.54, 1.807) is 0 Å². The summed E-state index contributed by atoms with van der Waals surface area (Å²) in [4.78, 5) is 11.4. The van der Waals surface area contributed by atoms with E-state index < -0.39 is 5.60 Å². The molecule has 15 heavy (non-hydrogen) atoms. The molecule has 0 saturated heterocycles. The Hall–Kier alpha value is -0.570. The molecule has 0 aliphatic rings. The molecule has 0 spiro atoms. The lowest BCUT2D eigenvalue weighted by Crippen LogP contribution is -2.36. The third-order valence-corrected chi connectivity index (χ3v) is 2.19. The van der Waals surface area contributed by atoms with Crippen molar-refractivity contribution in [3.05, 3.63) is 0 Å². The highest BCUT2D eigenvalue weighted by molar-refractivity contribution is 5.69. The summed E-state index contributed by atoms with van der Waals surface area (Å²) >= 11 is 0. The molecule has 0 saturated carbocycles. The first kappa shape index (κ1) is 14.4. The molecule has 1 atom stereocenters. The Balaban J connectivity index is 3.92. The number of rotatable bonds is 3. The lowest BCUT2D eigenvalue weighted by molar-refractivity contribution is -0.155. The van der Waals surface area contributed by atoms with Gasteiger partial charge >= 0.3 is 5.97 Å². The number of hydrogen-bond acceptors (Lipinski definition) is 3. The van der Waals surface area contributed by atoms with Gasteiger partial charge in [-0.1, -0.05) is 20.8 Å². The molecule has 0 rings (SSSR count). The normalized spacial score (nSPS) is 14.9. The fourth-order valence-electron chi connectivity index (χ4n) is 1.10. The van der Waals surface area contributed by atoms with Gasteiger partial charge in [0.2, 0.25) is 0 Å². The van der Waals surface area contributed by atoms with Gasteiger partial charge in [0, 0.05) is 12.5 Å². The fraction of sp³-hybridized carbons (Fsp3) is 0.917. The maximum atomic E-state index is 11.4. The average molecular weight is 215 g/mol. The molecule has 3 heteroatoms. The van der Waals surface area contributed by atoms with Gasteiger partial charge in [0.05, 0.1) is 0 Å². The Morgan fingerprint density at radius 2 is 1.67 bits per heavy atom. The van der Waals surface area contributed by atoms with E-state index in [1.807, 2.05) is 20.8 Å². The smallest absolute Gasteiger partial charge is 0.306 e. The second kappa shape index (κ2) is 4.97. The van der Waals surface area contributed by atoms with Gasteiger partial charge in [0.15, 0.2) is 0 Å². The largest absolute Gasteiger partial charge is 0.460 e. The Labute approximate surface area is 93.4 Å². The zero-order valence-corrected chi connectivity index (χ0v) is 10.9. The van der Waals surface area contributed by atoms with Crippen molar-refractivity contribution in [3.63, 3.8) is 0 Å². The molecule has 0 aliphatic heterocycles. The number of nitrogens with two attached hydrogens (primary N) is 1. The highest BCUT2D eigenvalue weighted by Crippen LogP contribution is 2.21.